The molecular formula is C12H14N2O5S. The summed E-state index contributed by atoms with van der Waals surface area (Å²) in [6, 6.07) is 5.31. The number of ether oxygens (including phenoxy) is 1. The number of nitro benzene ring substituents is 1. The molecule has 0 atom stereocenters. The minimum absolute atomic E-state index is 0.279. The van der Waals surface area contributed by atoms with Crippen molar-refractivity contribution in [1.82, 2.24) is 4.31 Å². The Morgan fingerprint density at radius 3 is 2.70 bits per heavy atom. The molecule has 108 valence electrons. The van der Waals surface area contributed by atoms with Crippen molar-refractivity contribution in [3.8, 4) is 0 Å². The fourth-order valence-corrected chi connectivity index (χ4v) is 3.53. The molecular weight excluding hydrogens is 284 g/mol. The molecule has 0 N–H and O–H groups in total. The minimum Gasteiger partial charge on any atom is -0.500 e. The molecule has 0 saturated heterocycles. The Balaban J connectivity index is 2.48. The van der Waals surface area contributed by atoms with Gasteiger partial charge < -0.3 is 4.74 Å². The van der Waals surface area contributed by atoms with E-state index in [-0.39, 0.29) is 11.4 Å². The second kappa shape index (κ2) is 5.49. The van der Waals surface area contributed by atoms with Crippen molar-refractivity contribution >= 4 is 15.7 Å². The molecule has 0 aromatic heterocycles. The molecule has 1 aromatic rings. The molecule has 1 aliphatic heterocycles. The number of para-hydroxylation sites is 1. The molecule has 0 fully saturated rings. The number of allylic oxidation sites excluding steroid dienone is 1. The van der Waals surface area contributed by atoms with E-state index in [2.05, 4.69) is 0 Å². The highest BCUT2D eigenvalue weighted by atomic mass is 32.2. The molecule has 1 heterocycles. The number of hydrogen-bond acceptors (Lipinski definition) is 5. The van der Waals surface area contributed by atoms with Crippen LogP contribution in [0, 0.1) is 10.1 Å². The van der Waals surface area contributed by atoms with Crippen LogP contribution in [0.4, 0.5) is 5.69 Å². The van der Waals surface area contributed by atoms with E-state index in [9.17, 15) is 18.5 Å². The van der Waals surface area contributed by atoms with Crippen molar-refractivity contribution < 1.29 is 18.1 Å². The number of methoxy groups -OCH3 is 1. The third-order valence-electron chi connectivity index (χ3n) is 3.00. The molecule has 0 amide bonds. The summed E-state index contributed by atoms with van der Waals surface area (Å²) in [4.78, 5) is 9.95. The smallest absolute Gasteiger partial charge is 0.289 e. The number of rotatable bonds is 4. The Kier molecular flexibility index (Phi) is 3.93. The van der Waals surface area contributed by atoms with E-state index in [1.54, 1.807) is 0 Å². The van der Waals surface area contributed by atoms with Gasteiger partial charge in [-0.05, 0) is 12.5 Å². The number of nitrogens with zero attached hydrogens (tertiary/aromatic N) is 2. The van der Waals surface area contributed by atoms with Gasteiger partial charge in [0.2, 0.25) is 0 Å². The van der Waals surface area contributed by atoms with Gasteiger partial charge in [-0.2, -0.15) is 0 Å². The lowest BCUT2D eigenvalue weighted by Crippen LogP contribution is -2.30. The average molecular weight is 298 g/mol. The maximum Gasteiger partial charge on any atom is 0.289 e. The summed E-state index contributed by atoms with van der Waals surface area (Å²) in [5, 5.41) is 11.0. The number of benzene rings is 1. The van der Waals surface area contributed by atoms with Gasteiger partial charge in [-0.25, -0.2) is 8.42 Å². The van der Waals surface area contributed by atoms with E-state index >= 15 is 0 Å². The van der Waals surface area contributed by atoms with Crippen LogP contribution in [-0.2, 0) is 14.8 Å². The third-order valence-corrected chi connectivity index (χ3v) is 4.81. The monoisotopic (exact) mass is 298 g/mol. The second-order valence-electron chi connectivity index (χ2n) is 4.24. The molecule has 0 saturated carbocycles. The van der Waals surface area contributed by atoms with Crippen LogP contribution in [-0.4, -0.2) is 31.3 Å². The predicted octanol–water partition coefficient (Wildman–Crippen LogP) is 1.87. The normalized spacial score (nSPS) is 15.7. The molecule has 2 rings (SSSR count). The van der Waals surface area contributed by atoms with Crippen LogP contribution in [0.5, 0.6) is 0 Å². The largest absolute Gasteiger partial charge is 0.500 e. The fourth-order valence-electron chi connectivity index (χ4n) is 2.00. The number of sulfonamides is 1. The van der Waals surface area contributed by atoms with Crippen molar-refractivity contribution in [3.05, 3.63) is 46.3 Å². The van der Waals surface area contributed by atoms with Crippen LogP contribution >= 0.6 is 0 Å². The summed E-state index contributed by atoms with van der Waals surface area (Å²) in [7, 11) is -2.48. The predicted molar refractivity (Wildman–Crippen MR) is 71.3 cm³/mol. The molecule has 7 nitrogen and oxygen atoms in total. The average Bonchev–Trinajstić information content (AvgIpc) is 2.47. The zero-order valence-corrected chi connectivity index (χ0v) is 11.7. The van der Waals surface area contributed by atoms with Gasteiger partial charge >= 0.3 is 0 Å². The Hall–Kier alpha value is -2.09. The van der Waals surface area contributed by atoms with E-state index in [1.165, 1.54) is 37.6 Å². The first-order chi connectivity index (χ1) is 9.46. The van der Waals surface area contributed by atoms with E-state index in [1.807, 2.05) is 0 Å². The van der Waals surface area contributed by atoms with Crippen LogP contribution in [0.15, 0.2) is 41.1 Å². The van der Waals surface area contributed by atoms with Gasteiger partial charge in [-0.15, -0.1) is 0 Å². The van der Waals surface area contributed by atoms with Crippen molar-refractivity contribution in [2.45, 2.75) is 17.7 Å². The van der Waals surface area contributed by atoms with Gasteiger partial charge in [0, 0.05) is 19.0 Å². The highest BCUT2D eigenvalue weighted by molar-refractivity contribution is 7.89. The molecule has 1 aromatic carbocycles. The Bertz CT molecular complexity index is 654. The van der Waals surface area contributed by atoms with Crippen molar-refractivity contribution in [3.63, 3.8) is 0 Å². The molecule has 0 bridgehead atoms. The maximum absolute atomic E-state index is 12.5. The van der Waals surface area contributed by atoms with Crippen molar-refractivity contribution in [2.75, 3.05) is 13.7 Å². The Morgan fingerprint density at radius 2 is 2.05 bits per heavy atom. The number of nitro groups is 1. The quantitative estimate of drug-likeness (QED) is 0.625. The van der Waals surface area contributed by atoms with Crippen molar-refractivity contribution in [1.29, 1.82) is 0 Å². The maximum atomic E-state index is 12.5. The zero-order valence-electron chi connectivity index (χ0n) is 10.9. The van der Waals surface area contributed by atoms with Crippen LogP contribution in [0.2, 0.25) is 0 Å². The zero-order chi connectivity index (χ0) is 14.8. The van der Waals surface area contributed by atoms with Crippen LogP contribution in [0.1, 0.15) is 12.8 Å². The van der Waals surface area contributed by atoms with E-state index < -0.39 is 20.6 Å². The van der Waals surface area contributed by atoms with Gasteiger partial charge in [-0.1, -0.05) is 12.1 Å². The lowest BCUT2D eigenvalue weighted by atomic mass is 10.2. The van der Waals surface area contributed by atoms with Crippen LogP contribution < -0.4 is 0 Å². The topological polar surface area (TPSA) is 89.8 Å². The minimum atomic E-state index is -3.95. The van der Waals surface area contributed by atoms with Gasteiger partial charge in [0.05, 0.1) is 18.2 Å². The van der Waals surface area contributed by atoms with E-state index in [0.29, 0.717) is 18.6 Å². The summed E-state index contributed by atoms with van der Waals surface area (Å²) in [6.07, 6.45) is 2.65. The molecule has 0 radical (unpaired) electrons. The van der Waals surface area contributed by atoms with Gasteiger partial charge in [0.1, 0.15) is 5.76 Å². The molecule has 8 heteroatoms. The summed E-state index contributed by atoms with van der Waals surface area (Å²) >= 11 is 0. The molecule has 0 unspecified atom stereocenters. The standard InChI is InChI=1S/C12H14N2O5S/c1-19-10-5-4-8-13(9-10)20(17,18)12-7-3-2-6-11(12)14(15)16/h2-3,6-7,9H,4-5,8H2,1H3. The lowest BCUT2D eigenvalue weighted by molar-refractivity contribution is -0.387. The van der Waals surface area contributed by atoms with Crippen LogP contribution in [0.25, 0.3) is 0 Å². The first-order valence-corrected chi connectivity index (χ1v) is 7.41. The van der Waals surface area contributed by atoms with Crippen molar-refractivity contribution in [2.24, 2.45) is 0 Å². The SMILES string of the molecule is COC1=CN(S(=O)(=O)c2ccccc2[N+](=O)[O-])CCC1. The highest BCUT2D eigenvalue weighted by Gasteiger charge is 2.31. The molecule has 0 spiro atoms. The Morgan fingerprint density at radius 1 is 1.35 bits per heavy atom. The summed E-state index contributed by atoms with van der Waals surface area (Å²) in [6.45, 7) is 0.279. The van der Waals surface area contributed by atoms with E-state index in [0.717, 1.165) is 4.31 Å². The van der Waals surface area contributed by atoms with Gasteiger partial charge in [0.15, 0.2) is 4.90 Å². The third kappa shape index (κ3) is 2.60. The van der Waals surface area contributed by atoms with Gasteiger partial charge in [0.25, 0.3) is 15.7 Å². The highest BCUT2D eigenvalue weighted by Crippen LogP contribution is 2.29. The lowest BCUT2D eigenvalue weighted by Gasteiger charge is -2.25. The van der Waals surface area contributed by atoms with Gasteiger partial charge in [-0.3, -0.25) is 14.4 Å². The first-order valence-electron chi connectivity index (χ1n) is 5.97. The Labute approximate surface area is 116 Å². The summed E-state index contributed by atoms with van der Waals surface area (Å²) < 4.78 is 31.1. The van der Waals surface area contributed by atoms with Crippen LogP contribution in [0.3, 0.4) is 0 Å². The molecule has 0 aliphatic carbocycles. The van der Waals surface area contributed by atoms with E-state index in [4.69, 9.17) is 4.74 Å². The first kappa shape index (κ1) is 14.3. The molecule has 20 heavy (non-hydrogen) atoms. The molecule has 1 aliphatic rings. The summed E-state index contributed by atoms with van der Waals surface area (Å²) in [5.41, 5.74) is -0.426. The fraction of sp³-hybridized carbons (Fsp3) is 0.333. The number of hydrogen-bond donors (Lipinski definition) is 0. The summed E-state index contributed by atoms with van der Waals surface area (Å²) in [5.74, 6) is 0.540. The second-order valence-corrected chi connectivity index (χ2v) is 6.10.